The summed E-state index contributed by atoms with van der Waals surface area (Å²) in [5.74, 6) is -7.67. The van der Waals surface area contributed by atoms with Gasteiger partial charge < -0.3 is 83.5 Å². The Kier molecular flexibility index (Phi) is 31.2. The maximum atomic E-state index is 15.3. The van der Waals surface area contributed by atoms with Crippen molar-refractivity contribution in [3.63, 3.8) is 0 Å². The van der Waals surface area contributed by atoms with Crippen molar-refractivity contribution in [3.8, 4) is 5.75 Å². The van der Waals surface area contributed by atoms with Gasteiger partial charge in [-0.15, -0.1) is 0 Å². The van der Waals surface area contributed by atoms with Gasteiger partial charge in [0.05, 0.1) is 12.2 Å². The molecule has 7 rings (SSSR count). The minimum atomic E-state index is -1.82. The smallest absolute Gasteiger partial charge is 0.407 e. The predicted octanol–water partition coefficient (Wildman–Crippen LogP) is 4.10. The Morgan fingerprint density at radius 1 is 0.677 bits per heavy atom. The number of pyridine rings is 1. The van der Waals surface area contributed by atoms with Crippen LogP contribution >= 0.6 is 43.2 Å². The highest BCUT2D eigenvalue weighted by Gasteiger charge is 2.38. The van der Waals surface area contributed by atoms with E-state index >= 15 is 14.4 Å². The first-order valence-electron chi connectivity index (χ1n) is 33.0. The molecule has 0 unspecified atom stereocenters. The van der Waals surface area contributed by atoms with Crippen molar-refractivity contribution in [2.24, 2.45) is 0 Å². The largest absolute Gasteiger partial charge is 0.508 e. The molecule has 1 aliphatic carbocycles. The first kappa shape index (κ1) is 78.1. The number of hydrogen-bond donors (Lipinski definition) is 15. The highest BCUT2D eigenvalue weighted by molar-refractivity contribution is 8.77. The summed E-state index contributed by atoms with van der Waals surface area (Å²) in [7, 11) is 4.67. The van der Waals surface area contributed by atoms with E-state index in [9.17, 15) is 48.9 Å². The fourth-order valence-electron chi connectivity index (χ4n) is 10.8. The van der Waals surface area contributed by atoms with Crippen molar-refractivity contribution in [2.75, 3.05) is 30.3 Å². The van der Waals surface area contributed by atoms with Gasteiger partial charge in [0.25, 0.3) is 0 Å². The van der Waals surface area contributed by atoms with Crippen molar-refractivity contribution >= 4 is 113 Å². The number of amides is 11. The third-order valence-electron chi connectivity index (χ3n) is 16.0. The number of fused-ring (bicyclic) bond motifs is 1. The second-order valence-corrected chi connectivity index (χ2v) is 30.2. The van der Waals surface area contributed by atoms with Gasteiger partial charge in [-0.2, -0.15) is 0 Å². The number of nitrogens with zero attached hydrogens (tertiary/aromatic N) is 1. The fourth-order valence-corrected chi connectivity index (χ4v) is 14.9. The Morgan fingerprint density at radius 2 is 1.34 bits per heavy atom. The maximum absolute atomic E-state index is 15.3. The number of urea groups is 1. The Morgan fingerprint density at radius 3 is 2.04 bits per heavy atom. The zero-order chi connectivity index (χ0) is 71.4. The van der Waals surface area contributed by atoms with E-state index in [1.807, 2.05) is 18.2 Å². The van der Waals surface area contributed by atoms with Crippen molar-refractivity contribution in [1.82, 2.24) is 68.5 Å². The minimum absolute atomic E-state index is 0.0151. The number of phenolic OH excluding ortho intramolecular Hbond substituents is 1. The van der Waals surface area contributed by atoms with Crippen LogP contribution in [0, 0.1) is 0 Å². The van der Waals surface area contributed by atoms with Gasteiger partial charge in [-0.3, -0.25) is 38.4 Å². The van der Waals surface area contributed by atoms with Crippen LogP contribution in [0.25, 0.3) is 10.9 Å². The average Bonchev–Trinajstić information content (AvgIpc) is 1.75. The van der Waals surface area contributed by atoms with Crippen LogP contribution in [0.4, 0.5) is 9.59 Å². The van der Waals surface area contributed by atoms with Crippen molar-refractivity contribution in [3.05, 3.63) is 126 Å². The molecule has 2 aliphatic rings. The number of aromatic nitrogens is 2. The molecule has 0 radical (unpaired) electrons. The van der Waals surface area contributed by atoms with Gasteiger partial charge in [-0.1, -0.05) is 118 Å². The number of unbranched alkanes of at least 4 members (excludes halogenated alkanes) is 1. The van der Waals surface area contributed by atoms with E-state index in [1.54, 1.807) is 87.8 Å². The normalized spacial score (nSPS) is 20.7. The van der Waals surface area contributed by atoms with Crippen LogP contribution in [0.15, 0.2) is 114 Å². The lowest BCUT2D eigenvalue weighted by Crippen LogP contribution is -2.63. The molecule has 3 aromatic carbocycles. The van der Waals surface area contributed by atoms with Gasteiger partial charge in [-0.25, -0.2) is 14.6 Å². The highest BCUT2D eigenvalue weighted by atomic mass is 33.1. The minimum Gasteiger partial charge on any atom is -0.508 e. The fraction of sp³-hybridized carbons (Fsp3) is 0.485. The van der Waals surface area contributed by atoms with E-state index in [4.69, 9.17) is 4.74 Å². The first-order valence-corrected chi connectivity index (χ1v) is 37.8. The number of carbonyl (C=O) groups is 10. The van der Waals surface area contributed by atoms with Crippen LogP contribution in [0.2, 0.25) is 0 Å². The van der Waals surface area contributed by atoms with Gasteiger partial charge in [-0.05, 0) is 125 Å². The molecule has 99 heavy (non-hydrogen) atoms. The molecular weight excluding hydrogens is 1350 g/mol. The number of hydrogen-bond acceptors (Lipinski definition) is 19. The van der Waals surface area contributed by atoms with Crippen LogP contribution in [0.1, 0.15) is 103 Å². The van der Waals surface area contributed by atoms with Crippen LogP contribution in [-0.4, -0.2) is 187 Å². The molecule has 5 aromatic rings. The van der Waals surface area contributed by atoms with E-state index in [0.717, 1.165) is 58.7 Å². The number of carbonyl (C=O) groups excluding carboxylic acids is 10. The quantitative estimate of drug-likeness (QED) is 0.0289. The molecule has 27 nitrogen and oxygen atoms in total. The monoisotopic (exact) mass is 1440 g/mol. The Labute approximate surface area is 591 Å². The molecule has 15 N–H and O–H groups in total. The van der Waals surface area contributed by atoms with Crippen LogP contribution < -0.4 is 58.5 Å². The number of rotatable bonds is 25. The predicted molar refractivity (Wildman–Crippen MR) is 382 cm³/mol. The number of aromatic hydroxyl groups is 1. The third-order valence-corrected chi connectivity index (χ3v) is 20.7. The number of alkyl carbamates (subject to hydrolysis) is 1. The van der Waals surface area contributed by atoms with Gasteiger partial charge in [0.15, 0.2) is 0 Å². The zero-order valence-electron chi connectivity index (χ0n) is 56.0. The second-order valence-electron chi connectivity index (χ2n) is 25.2. The van der Waals surface area contributed by atoms with Gasteiger partial charge in [0.1, 0.15) is 64.7 Å². The Balaban J connectivity index is 1.25. The standard InChI is InChI=1S/C68H91N13O14S4/c1-40(82)56(64(91)70-32-33-96-99-55-25-15-17-30-69-55)80-63(90)54-39-98-97-38-53(77-60(87)51(34-42-18-8-6-9-19-42)79-66(93)73-45-20-10-7-11-21-45)62(89)75-50(35-43-26-28-46(84)29-27-43)59(86)76-52(36-44-37-72-48-23-13-12-22-47(44)48)61(88)74-49(58(85)81-57(41(2)83)65(92)78-54)24-14-16-31-71-67(94)95-68(3,4)5/h6,8-9,12-13,15,17-19,22-23,25-30,37,40-41,45,49-54,56-57,72,82-84H,7,10-11,14,16,20-21,24,31-36,38-39H2,1-5H3,(H,70,91)(H,71,94)(H,74,88)(H,75,89)(H,76,86)(H,77,87)(H,78,92)(H,80,90)(H,81,85)(H2,73,79,93)/t40-,41-,49+,50+,51-,52-,53+,54+,56+,57+/m1/s1. The van der Waals surface area contributed by atoms with E-state index in [0.29, 0.717) is 33.3 Å². The summed E-state index contributed by atoms with van der Waals surface area (Å²) in [6.45, 7) is 7.80. The number of para-hydroxylation sites is 1. The number of aliphatic hydroxyl groups excluding tert-OH is 2. The van der Waals surface area contributed by atoms with E-state index in [1.165, 1.54) is 59.7 Å². The van der Waals surface area contributed by atoms with Crippen LogP contribution in [0.5, 0.6) is 5.75 Å². The van der Waals surface area contributed by atoms with Crippen molar-refractivity contribution in [2.45, 2.75) is 182 Å². The van der Waals surface area contributed by atoms with Crippen LogP contribution in [0.3, 0.4) is 0 Å². The van der Waals surface area contributed by atoms with Gasteiger partial charge in [0, 0.05) is 78.9 Å². The second kappa shape index (κ2) is 39.5. The first-order chi connectivity index (χ1) is 47.4. The van der Waals surface area contributed by atoms with E-state index in [2.05, 4.69) is 68.5 Å². The van der Waals surface area contributed by atoms with Crippen LogP contribution in [-0.2, 0) is 62.4 Å². The molecular formula is C68H91N13O14S4. The molecule has 3 heterocycles. The molecule has 1 saturated carbocycles. The molecule has 31 heteroatoms. The van der Waals surface area contributed by atoms with Gasteiger partial charge >= 0.3 is 12.1 Å². The molecule has 2 fully saturated rings. The molecule has 11 amide bonds. The molecule has 2 aromatic heterocycles. The summed E-state index contributed by atoms with van der Waals surface area (Å²) in [6.07, 6.45) is 3.64. The summed E-state index contributed by atoms with van der Waals surface area (Å²) in [4.78, 5) is 152. The summed E-state index contributed by atoms with van der Waals surface area (Å²) in [6, 6.07) is 14.2. The summed E-state index contributed by atoms with van der Waals surface area (Å²) in [5.41, 5.74) is 1.58. The summed E-state index contributed by atoms with van der Waals surface area (Å²) < 4.78 is 5.37. The lowest BCUT2D eigenvalue weighted by atomic mass is 9.96. The number of benzene rings is 3. The Bertz CT molecular complexity index is 3490. The number of phenols is 1. The summed E-state index contributed by atoms with van der Waals surface area (Å²) in [5, 5.41) is 64.1. The van der Waals surface area contributed by atoms with Gasteiger partial charge in [0.2, 0.25) is 47.3 Å². The number of aromatic amines is 1. The molecule has 0 bridgehead atoms. The third kappa shape index (κ3) is 26.4. The van der Waals surface area contributed by atoms with Crippen molar-refractivity contribution < 1.29 is 68.0 Å². The van der Waals surface area contributed by atoms with E-state index in [-0.39, 0.29) is 74.9 Å². The average molecular weight is 1440 g/mol. The highest BCUT2D eigenvalue weighted by Crippen LogP contribution is 2.29. The van der Waals surface area contributed by atoms with E-state index < -0.39 is 126 Å². The lowest BCUT2D eigenvalue weighted by molar-refractivity contribution is -0.137. The SMILES string of the molecule is C[C@@H](O)[C@H](NC(=O)[C@@H]1CSSC[C@H](NC(=O)[C@@H](Cc2ccccc2)NC(=O)NC2CCCCC2)C(=O)N[C@@H](Cc2ccc(O)cc2)C(=O)N[C@H](Cc2c[nH]c3ccccc23)C(=O)N[C@@H](CCCCNC(=O)OC(C)(C)C)C(=O)N[C@@H]([C@@H](C)O)C(=O)N1)C(=O)NCCSSc1ccccn1. The number of ether oxygens (including phenoxy) is 1. The molecule has 0 spiro atoms. The lowest BCUT2D eigenvalue weighted by Gasteiger charge is -2.29. The molecule has 1 saturated heterocycles. The number of nitrogens with one attached hydrogen (secondary N) is 12. The molecule has 1 aliphatic heterocycles. The maximum Gasteiger partial charge on any atom is 0.407 e. The molecule has 536 valence electrons. The Hall–Kier alpha value is -8.23. The molecule has 10 atom stereocenters. The zero-order valence-corrected chi connectivity index (χ0v) is 59.2. The topological polar surface area (TPSA) is 402 Å². The van der Waals surface area contributed by atoms with Crippen molar-refractivity contribution in [1.29, 1.82) is 0 Å². The summed E-state index contributed by atoms with van der Waals surface area (Å²) >= 11 is 0. The number of H-pyrrole nitrogens is 1. The number of aliphatic hydroxyl groups is 2.